The van der Waals surface area contributed by atoms with Crippen LogP contribution in [0, 0.1) is 11.6 Å². The molecule has 0 aliphatic heterocycles. The Balaban J connectivity index is 1.83. The molecule has 0 aliphatic carbocycles. The minimum atomic E-state index is -0.625. The lowest BCUT2D eigenvalue weighted by molar-refractivity contribution is 0.289. The molecule has 0 radical (unpaired) electrons. The third kappa shape index (κ3) is 13.4. The predicted octanol–water partition coefficient (Wildman–Crippen LogP) is 8.38. The fraction of sp³-hybridized carbons (Fsp3) is 0.667. The minimum Gasteiger partial charge on any atom is -0.491 e. The van der Waals surface area contributed by atoms with Crippen LogP contribution in [0.5, 0.6) is 5.75 Å². The summed E-state index contributed by atoms with van der Waals surface area (Å²) in [5.74, 6) is -1.05. The van der Waals surface area contributed by atoms with Gasteiger partial charge in [0.15, 0.2) is 11.6 Å². The van der Waals surface area contributed by atoms with Crippen molar-refractivity contribution < 1.29 is 13.5 Å². The van der Waals surface area contributed by atoms with Crippen LogP contribution in [0.15, 0.2) is 30.4 Å². The molecule has 0 saturated carbocycles. The fourth-order valence-corrected chi connectivity index (χ4v) is 3.12. The normalized spacial score (nSPS) is 11.4. The third-order valence-electron chi connectivity index (χ3n) is 4.81. The molecule has 0 spiro atoms. The van der Waals surface area contributed by atoms with Crippen LogP contribution < -0.4 is 4.74 Å². The molecule has 0 fully saturated rings. The van der Waals surface area contributed by atoms with Crippen molar-refractivity contribution in [3.63, 3.8) is 0 Å². The first-order chi connectivity index (χ1) is 13.2. The molecule has 0 amide bonds. The van der Waals surface area contributed by atoms with Crippen LogP contribution in [0.3, 0.4) is 0 Å². The predicted molar refractivity (Wildman–Crippen MR) is 111 cm³/mol. The zero-order valence-corrected chi connectivity index (χ0v) is 17.2. The highest BCUT2D eigenvalue weighted by atomic mass is 19.1. The van der Waals surface area contributed by atoms with E-state index < -0.39 is 11.6 Å². The summed E-state index contributed by atoms with van der Waals surface area (Å²) in [6, 6.07) is 3.43. The number of rotatable bonds is 17. The van der Waals surface area contributed by atoms with Gasteiger partial charge in [0.05, 0.1) is 6.61 Å². The molecule has 1 aromatic rings. The van der Waals surface area contributed by atoms with Gasteiger partial charge in [-0.1, -0.05) is 76.9 Å². The zero-order chi connectivity index (χ0) is 19.6. The second-order valence-corrected chi connectivity index (χ2v) is 7.36. The first-order valence-electron chi connectivity index (χ1n) is 11.0. The van der Waals surface area contributed by atoms with Crippen molar-refractivity contribution in [1.82, 2.24) is 0 Å². The summed E-state index contributed by atoms with van der Waals surface area (Å²) in [6.45, 7) is 2.75. The number of unbranched alkanes of at least 4 members (excludes halogenated alkanes) is 12. The Kier molecular flexibility index (Phi) is 14.7. The maximum absolute atomic E-state index is 13.4. The molecule has 0 bridgehead atoms. The Bertz CT molecular complexity index is 499. The summed E-state index contributed by atoms with van der Waals surface area (Å²) in [5.41, 5.74) is 0. The first kappa shape index (κ1) is 23.7. The molecule has 1 aromatic carbocycles. The standard InChI is InChI=1S/C24H38F2O/c1-2-3-4-5-6-7-8-9-10-11-12-13-14-15-16-17-20-27-24-19-18-22(25)21-23(24)26/h9-10,18-19,21H,2-8,11-17,20H2,1H3/b10-9-. The Morgan fingerprint density at radius 3 is 1.89 bits per heavy atom. The average Bonchev–Trinajstić information content (AvgIpc) is 2.65. The lowest BCUT2D eigenvalue weighted by Gasteiger charge is -2.07. The van der Waals surface area contributed by atoms with Crippen LogP contribution in [0.25, 0.3) is 0 Å². The van der Waals surface area contributed by atoms with E-state index in [2.05, 4.69) is 19.1 Å². The summed E-state index contributed by atoms with van der Waals surface area (Å²) in [4.78, 5) is 0. The number of benzene rings is 1. The highest BCUT2D eigenvalue weighted by molar-refractivity contribution is 5.24. The van der Waals surface area contributed by atoms with E-state index in [1.165, 1.54) is 89.2 Å². The van der Waals surface area contributed by atoms with E-state index in [0.29, 0.717) is 6.61 Å². The smallest absolute Gasteiger partial charge is 0.167 e. The minimum absolute atomic E-state index is 0.143. The lowest BCUT2D eigenvalue weighted by Crippen LogP contribution is -1.99. The maximum Gasteiger partial charge on any atom is 0.167 e. The van der Waals surface area contributed by atoms with E-state index in [1.54, 1.807) is 0 Å². The summed E-state index contributed by atoms with van der Waals surface area (Å²) >= 11 is 0. The molecule has 3 heteroatoms. The molecule has 154 valence electrons. The maximum atomic E-state index is 13.4. The van der Waals surface area contributed by atoms with Crippen molar-refractivity contribution in [1.29, 1.82) is 0 Å². The van der Waals surface area contributed by atoms with Crippen molar-refractivity contribution >= 4 is 0 Å². The number of ether oxygens (including phenoxy) is 1. The van der Waals surface area contributed by atoms with Crippen LogP contribution in [0.1, 0.15) is 96.8 Å². The number of halogens is 2. The molecule has 1 nitrogen and oxygen atoms in total. The Morgan fingerprint density at radius 1 is 0.741 bits per heavy atom. The summed E-state index contributed by atoms with van der Waals surface area (Å²) in [6.07, 6.45) is 22.3. The van der Waals surface area contributed by atoms with E-state index >= 15 is 0 Å². The largest absolute Gasteiger partial charge is 0.491 e. The third-order valence-corrected chi connectivity index (χ3v) is 4.81. The van der Waals surface area contributed by atoms with Crippen molar-refractivity contribution in [2.75, 3.05) is 6.61 Å². The van der Waals surface area contributed by atoms with E-state index in [4.69, 9.17) is 4.74 Å². The second kappa shape index (κ2) is 16.8. The average molecular weight is 381 g/mol. The summed E-state index contributed by atoms with van der Waals surface area (Å²) in [7, 11) is 0. The van der Waals surface area contributed by atoms with Gasteiger partial charge in [0.1, 0.15) is 5.82 Å². The monoisotopic (exact) mass is 380 g/mol. The molecule has 27 heavy (non-hydrogen) atoms. The molecular weight excluding hydrogens is 342 g/mol. The molecule has 1 rings (SSSR count). The molecule has 0 atom stereocenters. The summed E-state index contributed by atoms with van der Waals surface area (Å²) < 4.78 is 31.5. The van der Waals surface area contributed by atoms with Gasteiger partial charge >= 0.3 is 0 Å². The van der Waals surface area contributed by atoms with Gasteiger partial charge in [-0.3, -0.25) is 0 Å². The Morgan fingerprint density at radius 2 is 1.30 bits per heavy atom. The van der Waals surface area contributed by atoms with Gasteiger partial charge in [0.25, 0.3) is 0 Å². The van der Waals surface area contributed by atoms with Gasteiger partial charge in [0.2, 0.25) is 0 Å². The topological polar surface area (TPSA) is 9.23 Å². The number of hydrogen-bond acceptors (Lipinski definition) is 1. The van der Waals surface area contributed by atoms with E-state index in [0.717, 1.165) is 18.9 Å². The van der Waals surface area contributed by atoms with E-state index in [1.807, 2.05) is 0 Å². The first-order valence-corrected chi connectivity index (χ1v) is 11.0. The van der Waals surface area contributed by atoms with Gasteiger partial charge in [-0.05, 0) is 44.2 Å². The number of allylic oxidation sites excluding steroid dienone is 2. The van der Waals surface area contributed by atoms with Crippen LogP contribution in [0.4, 0.5) is 8.78 Å². The summed E-state index contributed by atoms with van der Waals surface area (Å²) in [5, 5.41) is 0. The van der Waals surface area contributed by atoms with Crippen LogP contribution in [-0.2, 0) is 0 Å². The Labute approximate surface area is 165 Å². The SMILES string of the molecule is CCCCCCCC/C=C\CCCCCCCCOc1ccc(F)cc1F. The highest BCUT2D eigenvalue weighted by Crippen LogP contribution is 2.18. The molecule has 0 aromatic heterocycles. The van der Waals surface area contributed by atoms with Crippen molar-refractivity contribution in [2.45, 2.75) is 96.8 Å². The number of hydrogen-bond donors (Lipinski definition) is 0. The van der Waals surface area contributed by atoms with Crippen LogP contribution >= 0.6 is 0 Å². The van der Waals surface area contributed by atoms with Crippen molar-refractivity contribution in [2.24, 2.45) is 0 Å². The zero-order valence-electron chi connectivity index (χ0n) is 17.2. The van der Waals surface area contributed by atoms with Gasteiger partial charge in [-0.2, -0.15) is 0 Å². The van der Waals surface area contributed by atoms with Gasteiger partial charge < -0.3 is 4.74 Å². The molecule has 0 unspecified atom stereocenters. The van der Waals surface area contributed by atoms with E-state index in [-0.39, 0.29) is 5.75 Å². The van der Waals surface area contributed by atoms with Crippen molar-refractivity contribution in [3.05, 3.63) is 42.0 Å². The van der Waals surface area contributed by atoms with Crippen LogP contribution in [0.2, 0.25) is 0 Å². The lowest BCUT2D eigenvalue weighted by atomic mass is 10.1. The van der Waals surface area contributed by atoms with Crippen molar-refractivity contribution in [3.8, 4) is 5.75 Å². The highest BCUT2D eigenvalue weighted by Gasteiger charge is 2.04. The van der Waals surface area contributed by atoms with Gasteiger partial charge in [0, 0.05) is 6.07 Å². The van der Waals surface area contributed by atoms with E-state index in [9.17, 15) is 8.78 Å². The van der Waals surface area contributed by atoms with Gasteiger partial charge in [-0.25, -0.2) is 8.78 Å². The molecule has 0 N–H and O–H groups in total. The fourth-order valence-electron chi connectivity index (χ4n) is 3.12. The molecular formula is C24H38F2O. The Hall–Kier alpha value is -1.38. The van der Waals surface area contributed by atoms with Crippen LogP contribution in [-0.4, -0.2) is 6.61 Å². The van der Waals surface area contributed by atoms with Gasteiger partial charge in [-0.15, -0.1) is 0 Å². The second-order valence-electron chi connectivity index (χ2n) is 7.36. The quantitative estimate of drug-likeness (QED) is 0.195. The molecule has 0 saturated heterocycles. The molecule has 0 heterocycles. The molecule has 0 aliphatic rings.